The Bertz CT molecular complexity index is 626. The predicted molar refractivity (Wildman–Crippen MR) is 85.3 cm³/mol. The minimum atomic E-state index is -0.823. The van der Waals surface area contributed by atoms with Crippen molar-refractivity contribution in [2.24, 2.45) is 0 Å². The Hall–Kier alpha value is -1.88. The minimum Gasteiger partial charge on any atom is -0.389 e. The van der Waals surface area contributed by atoms with Gasteiger partial charge in [0.25, 0.3) is 0 Å². The van der Waals surface area contributed by atoms with E-state index in [0.29, 0.717) is 0 Å². The zero-order valence-corrected chi connectivity index (χ0v) is 12.9. The van der Waals surface area contributed by atoms with E-state index < -0.39 is 5.60 Å². The number of aromatic amines is 1. The molecule has 1 saturated carbocycles. The topological polar surface area (TPSA) is 78.0 Å². The number of nitrogens with zero attached hydrogens (tertiary/aromatic N) is 1. The van der Waals surface area contributed by atoms with Crippen molar-refractivity contribution >= 4 is 16.9 Å². The summed E-state index contributed by atoms with van der Waals surface area (Å²) < 4.78 is 0. The summed E-state index contributed by atoms with van der Waals surface area (Å²) >= 11 is 0. The van der Waals surface area contributed by atoms with E-state index in [2.05, 4.69) is 15.3 Å². The zero-order chi connectivity index (χ0) is 15.6. The smallest absolute Gasteiger partial charge is 0.223 e. The Morgan fingerprint density at radius 1 is 1.36 bits per heavy atom. The molecule has 0 bridgehead atoms. The normalized spacial score (nSPS) is 19.0. The van der Waals surface area contributed by atoms with Crippen LogP contribution in [0, 0.1) is 0 Å². The van der Waals surface area contributed by atoms with Crippen molar-refractivity contribution in [3.63, 3.8) is 0 Å². The molecule has 3 N–H and O–H groups in total. The lowest BCUT2D eigenvalue weighted by molar-refractivity contribution is -0.128. The molecule has 0 spiro atoms. The summed E-state index contributed by atoms with van der Waals surface area (Å²) in [5.74, 6) is 0.627. The van der Waals surface area contributed by atoms with Crippen LogP contribution in [0.3, 0.4) is 0 Å². The van der Waals surface area contributed by atoms with Gasteiger partial charge in [-0.3, -0.25) is 4.79 Å². The molecule has 22 heavy (non-hydrogen) atoms. The monoisotopic (exact) mass is 301 g/mol. The Kier molecular flexibility index (Phi) is 4.16. The summed E-state index contributed by atoms with van der Waals surface area (Å²) in [6.07, 6.45) is 4.78. The zero-order valence-electron chi connectivity index (χ0n) is 12.9. The molecule has 1 fully saturated rings. The van der Waals surface area contributed by atoms with E-state index in [0.717, 1.165) is 49.0 Å². The third-order valence-electron chi connectivity index (χ3n) is 4.47. The van der Waals surface area contributed by atoms with E-state index in [1.807, 2.05) is 31.2 Å². The number of hydrogen-bond acceptors (Lipinski definition) is 3. The molecule has 1 heterocycles. The second-order valence-corrected chi connectivity index (χ2v) is 6.39. The molecule has 0 unspecified atom stereocenters. The number of carbonyl (C=O) groups is 1. The van der Waals surface area contributed by atoms with Crippen molar-refractivity contribution in [3.05, 3.63) is 30.1 Å². The quantitative estimate of drug-likeness (QED) is 0.812. The van der Waals surface area contributed by atoms with Gasteiger partial charge in [-0.25, -0.2) is 4.98 Å². The molecule has 5 nitrogen and oxygen atoms in total. The third-order valence-corrected chi connectivity index (χ3v) is 4.47. The van der Waals surface area contributed by atoms with Gasteiger partial charge in [-0.2, -0.15) is 0 Å². The lowest BCUT2D eigenvalue weighted by Gasteiger charge is -2.31. The molecule has 0 aliphatic heterocycles. The first-order chi connectivity index (χ1) is 10.6. The second-order valence-electron chi connectivity index (χ2n) is 6.39. The minimum absolute atomic E-state index is 0.114. The van der Waals surface area contributed by atoms with Gasteiger partial charge in [0.05, 0.1) is 29.1 Å². The van der Waals surface area contributed by atoms with Crippen LogP contribution in [0.2, 0.25) is 0 Å². The highest BCUT2D eigenvalue weighted by molar-refractivity contribution is 5.78. The number of carbonyl (C=O) groups excluding carboxylic acids is 1. The maximum Gasteiger partial charge on any atom is 0.223 e. The fraction of sp³-hybridized carbons (Fsp3) is 0.529. The SMILES string of the molecule is C[C@H](NC(=O)CC1(O)CCCCC1)c1nc2ccccc2[nH]1. The molecule has 1 amide bonds. The van der Waals surface area contributed by atoms with Gasteiger partial charge in [0, 0.05) is 0 Å². The number of aromatic nitrogens is 2. The molecule has 0 saturated heterocycles. The number of rotatable bonds is 4. The van der Waals surface area contributed by atoms with E-state index >= 15 is 0 Å². The summed E-state index contributed by atoms with van der Waals surface area (Å²) in [5, 5.41) is 13.4. The summed E-state index contributed by atoms with van der Waals surface area (Å²) in [4.78, 5) is 19.9. The highest BCUT2D eigenvalue weighted by Gasteiger charge is 2.32. The predicted octanol–water partition coefficient (Wildman–Crippen LogP) is 2.83. The van der Waals surface area contributed by atoms with Crippen LogP contribution in [-0.2, 0) is 4.79 Å². The van der Waals surface area contributed by atoms with Gasteiger partial charge in [0.1, 0.15) is 5.82 Å². The van der Waals surface area contributed by atoms with Gasteiger partial charge < -0.3 is 15.4 Å². The largest absolute Gasteiger partial charge is 0.389 e. The van der Waals surface area contributed by atoms with Crippen molar-refractivity contribution in [2.75, 3.05) is 0 Å². The van der Waals surface area contributed by atoms with Crippen LogP contribution in [0.4, 0.5) is 0 Å². The van der Waals surface area contributed by atoms with Crippen LogP contribution in [0.5, 0.6) is 0 Å². The van der Waals surface area contributed by atoms with Crippen LogP contribution in [0.15, 0.2) is 24.3 Å². The first-order valence-electron chi connectivity index (χ1n) is 8.02. The maximum atomic E-state index is 12.2. The molecule has 2 aromatic rings. The van der Waals surface area contributed by atoms with Crippen molar-refractivity contribution in [2.45, 2.75) is 57.1 Å². The highest BCUT2D eigenvalue weighted by Crippen LogP contribution is 2.31. The van der Waals surface area contributed by atoms with Crippen molar-refractivity contribution in [1.29, 1.82) is 0 Å². The number of para-hydroxylation sites is 2. The van der Waals surface area contributed by atoms with Crippen LogP contribution in [-0.4, -0.2) is 26.6 Å². The summed E-state index contributed by atoms with van der Waals surface area (Å²) in [6, 6.07) is 7.59. The first-order valence-corrected chi connectivity index (χ1v) is 8.02. The number of amides is 1. The Morgan fingerprint density at radius 2 is 2.09 bits per heavy atom. The molecule has 1 atom stereocenters. The molecule has 118 valence electrons. The molecule has 5 heteroatoms. The Balaban J connectivity index is 1.63. The average Bonchev–Trinajstić information content (AvgIpc) is 2.91. The number of fused-ring (bicyclic) bond motifs is 1. The second kappa shape index (κ2) is 6.08. The van der Waals surface area contributed by atoms with Gasteiger partial charge in [0.15, 0.2) is 0 Å². The van der Waals surface area contributed by atoms with Gasteiger partial charge in [-0.15, -0.1) is 0 Å². The van der Waals surface area contributed by atoms with E-state index in [-0.39, 0.29) is 18.4 Å². The summed E-state index contributed by atoms with van der Waals surface area (Å²) in [6.45, 7) is 1.90. The van der Waals surface area contributed by atoms with Gasteiger partial charge >= 0.3 is 0 Å². The molecule has 1 aliphatic carbocycles. The first kappa shape index (κ1) is 15.0. The van der Waals surface area contributed by atoms with E-state index in [4.69, 9.17) is 0 Å². The third kappa shape index (κ3) is 3.30. The molecule has 3 rings (SSSR count). The number of benzene rings is 1. The molecule has 0 radical (unpaired) electrons. The molecular formula is C17H23N3O2. The number of hydrogen-bond donors (Lipinski definition) is 3. The molecular weight excluding hydrogens is 278 g/mol. The molecule has 1 aromatic carbocycles. The lowest BCUT2D eigenvalue weighted by Crippen LogP contribution is -2.39. The van der Waals surface area contributed by atoms with Crippen LogP contribution in [0.1, 0.15) is 57.3 Å². The Morgan fingerprint density at radius 3 is 2.82 bits per heavy atom. The standard InChI is InChI=1S/C17H23N3O2/c1-12(16-19-13-7-3-4-8-14(13)20-16)18-15(21)11-17(22)9-5-2-6-10-17/h3-4,7-8,12,22H,2,5-6,9-11H2,1H3,(H,18,21)(H,19,20)/t12-/m0/s1. The highest BCUT2D eigenvalue weighted by atomic mass is 16.3. The van der Waals surface area contributed by atoms with E-state index in [1.165, 1.54) is 0 Å². The van der Waals surface area contributed by atoms with E-state index in [1.54, 1.807) is 0 Å². The fourth-order valence-electron chi connectivity index (χ4n) is 3.22. The fourth-order valence-corrected chi connectivity index (χ4v) is 3.22. The number of imidazole rings is 1. The van der Waals surface area contributed by atoms with Crippen molar-refractivity contribution in [3.8, 4) is 0 Å². The molecule has 1 aromatic heterocycles. The van der Waals surface area contributed by atoms with E-state index in [9.17, 15) is 9.90 Å². The van der Waals surface area contributed by atoms with Crippen LogP contribution >= 0.6 is 0 Å². The van der Waals surface area contributed by atoms with Gasteiger partial charge in [0.2, 0.25) is 5.91 Å². The van der Waals surface area contributed by atoms with Gasteiger partial charge in [-0.1, -0.05) is 31.4 Å². The maximum absolute atomic E-state index is 12.2. The average molecular weight is 301 g/mol. The lowest BCUT2D eigenvalue weighted by atomic mass is 9.82. The van der Waals surface area contributed by atoms with Crippen LogP contribution < -0.4 is 5.32 Å². The van der Waals surface area contributed by atoms with Crippen LogP contribution in [0.25, 0.3) is 11.0 Å². The summed E-state index contributed by atoms with van der Waals surface area (Å²) in [7, 11) is 0. The number of H-pyrrole nitrogens is 1. The molecule has 1 aliphatic rings. The Labute approximate surface area is 130 Å². The number of nitrogens with one attached hydrogen (secondary N) is 2. The van der Waals surface area contributed by atoms with Gasteiger partial charge in [-0.05, 0) is 31.9 Å². The number of aliphatic hydroxyl groups is 1. The van der Waals surface area contributed by atoms with Crippen molar-refractivity contribution < 1.29 is 9.90 Å². The summed E-state index contributed by atoms with van der Waals surface area (Å²) in [5.41, 5.74) is 1.03. The van der Waals surface area contributed by atoms with Crippen molar-refractivity contribution in [1.82, 2.24) is 15.3 Å².